The minimum absolute atomic E-state index is 0.126. The molecule has 4 heteroatoms. The molecule has 0 spiro atoms. The van der Waals surface area contributed by atoms with E-state index in [4.69, 9.17) is 10.5 Å². The maximum atomic E-state index is 14.3. The summed E-state index contributed by atoms with van der Waals surface area (Å²) in [6, 6.07) is 6.80. The number of esters is 1. The van der Waals surface area contributed by atoms with E-state index in [1.54, 1.807) is 12.1 Å². The van der Waals surface area contributed by atoms with Gasteiger partial charge in [0.2, 0.25) is 0 Å². The third-order valence-corrected chi connectivity index (χ3v) is 5.54. The average Bonchev–Trinajstić information content (AvgIpc) is 2.47. The molecule has 0 aliphatic heterocycles. The van der Waals surface area contributed by atoms with Gasteiger partial charge in [-0.15, -0.1) is 0 Å². The lowest BCUT2D eigenvalue weighted by Crippen LogP contribution is -2.59. The first-order chi connectivity index (χ1) is 10.7. The number of carbonyl (C=O) groups excluding carboxylic acids is 1. The molecule has 3 saturated carbocycles. The fraction of sp³-hybridized carbons (Fsp3) is 0.632. The Labute approximate surface area is 137 Å². The summed E-state index contributed by atoms with van der Waals surface area (Å²) in [5.74, 6) is -0.499. The lowest BCUT2D eigenvalue weighted by molar-refractivity contribution is -0.175. The maximum Gasteiger partial charge on any atom is 0.312 e. The van der Waals surface area contributed by atoms with Crippen molar-refractivity contribution < 1.29 is 13.9 Å². The van der Waals surface area contributed by atoms with Gasteiger partial charge in [0, 0.05) is 11.5 Å². The topological polar surface area (TPSA) is 52.3 Å². The number of rotatable bonds is 2. The molecular weight excluding hydrogens is 293 g/mol. The Kier molecular flexibility index (Phi) is 3.79. The van der Waals surface area contributed by atoms with Crippen LogP contribution in [0.15, 0.2) is 24.3 Å². The maximum absolute atomic E-state index is 14.3. The second-order valence-electron chi connectivity index (χ2n) is 8.29. The molecular formula is C19H26FNO2. The van der Waals surface area contributed by atoms with Crippen molar-refractivity contribution in [2.75, 3.05) is 0 Å². The van der Waals surface area contributed by atoms with Crippen LogP contribution < -0.4 is 5.73 Å². The lowest BCUT2D eigenvalue weighted by atomic mass is 9.51. The van der Waals surface area contributed by atoms with Gasteiger partial charge in [0.15, 0.2) is 0 Å². The Hall–Kier alpha value is -1.42. The van der Waals surface area contributed by atoms with Crippen LogP contribution in [-0.4, -0.2) is 17.1 Å². The summed E-state index contributed by atoms with van der Waals surface area (Å²) >= 11 is 0. The molecule has 1 atom stereocenters. The molecule has 0 radical (unpaired) electrons. The number of nitrogens with two attached hydrogens (primary N) is 1. The zero-order valence-electron chi connectivity index (χ0n) is 14.2. The van der Waals surface area contributed by atoms with Crippen molar-refractivity contribution >= 4 is 5.97 Å². The van der Waals surface area contributed by atoms with Gasteiger partial charge in [0.05, 0.1) is 5.41 Å². The normalized spacial score (nSPS) is 33.5. The zero-order chi connectivity index (χ0) is 16.9. The van der Waals surface area contributed by atoms with E-state index in [0.29, 0.717) is 12.0 Å². The van der Waals surface area contributed by atoms with Crippen LogP contribution in [0.2, 0.25) is 0 Å². The molecule has 0 amide bonds. The summed E-state index contributed by atoms with van der Waals surface area (Å²) in [4.78, 5) is 12.8. The van der Waals surface area contributed by atoms with Crippen LogP contribution in [0.4, 0.5) is 4.39 Å². The van der Waals surface area contributed by atoms with Gasteiger partial charge in [-0.05, 0) is 64.5 Å². The molecule has 1 aromatic carbocycles. The van der Waals surface area contributed by atoms with Crippen molar-refractivity contribution in [1.29, 1.82) is 0 Å². The molecule has 3 aliphatic carbocycles. The predicted molar refractivity (Wildman–Crippen MR) is 87.4 cm³/mol. The van der Waals surface area contributed by atoms with Crippen LogP contribution in [0.25, 0.3) is 0 Å². The number of benzene rings is 1. The highest BCUT2D eigenvalue weighted by Gasteiger charge is 2.57. The van der Waals surface area contributed by atoms with Crippen molar-refractivity contribution in [3.05, 3.63) is 35.6 Å². The van der Waals surface area contributed by atoms with E-state index >= 15 is 0 Å². The molecule has 1 unspecified atom stereocenters. The zero-order valence-corrected chi connectivity index (χ0v) is 14.2. The van der Waals surface area contributed by atoms with Crippen molar-refractivity contribution in [2.45, 2.75) is 69.9 Å². The largest absolute Gasteiger partial charge is 0.460 e. The number of ether oxygens (including phenoxy) is 1. The highest BCUT2D eigenvalue weighted by atomic mass is 19.1. The van der Waals surface area contributed by atoms with Crippen LogP contribution >= 0.6 is 0 Å². The standard InChI is InChI=1S/C19H26FNO2/c1-17(2,3)23-16(22)18-8-10-19(21,11-9-18)14(12-18)13-6-4-5-7-15(13)20/h4-7,14H,8-12,21H2,1-3H3. The molecule has 2 N–H and O–H groups in total. The SMILES string of the molecule is CC(C)(C)OC(=O)C12CCC(N)(CC1)C(c1ccccc1F)C2. The quantitative estimate of drug-likeness (QED) is 0.841. The summed E-state index contributed by atoms with van der Waals surface area (Å²) < 4.78 is 20.0. The molecule has 23 heavy (non-hydrogen) atoms. The fourth-order valence-corrected chi connectivity index (χ4v) is 4.19. The highest BCUT2D eigenvalue weighted by Crippen LogP contribution is 2.58. The molecule has 126 valence electrons. The second-order valence-corrected chi connectivity index (χ2v) is 8.29. The van der Waals surface area contributed by atoms with Gasteiger partial charge in [-0.25, -0.2) is 4.39 Å². The van der Waals surface area contributed by atoms with Crippen LogP contribution in [0.3, 0.4) is 0 Å². The van der Waals surface area contributed by atoms with Gasteiger partial charge in [-0.2, -0.15) is 0 Å². The summed E-state index contributed by atoms with van der Waals surface area (Å²) in [5.41, 5.74) is 5.82. The van der Waals surface area contributed by atoms with E-state index in [9.17, 15) is 9.18 Å². The monoisotopic (exact) mass is 319 g/mol. The molecule has 0 saturated heterocycles. The number of halogens is 1. The Morgan fingerprint density at radius 1 is 1.22 bits per heavy atom. The highest BCUT2D eigenvalue weighted by molar-refractivity contribution is 5.78. The first kappa shape index (κ1) is 16.4. The van der Waals surface area contributed by atoms with E-state index in [1.807, 2.05) is 26.8 Å². The van der Waals surface area contributed by atoms with E-state index in [2.05, 4.69) is 0 Å². The van der Waals surface area contributed by atoms with E-state index < -0.39 is 16.6 Å². The van der Waals surface area contributed by atoms with Crippen molar-refractivity contribution in [3.8, 4) is 0 Å². The van der Waals surface area contributed by atoms with Crippen LogP contribution in [-0.2, 0) is 9.53 Å². The van der Waals surface area contributed by atoms with Gasteiger partial charge in [-0.1, -0.05) is 18.2 Å². The van der Waals surface area contributed by atoms with Crippen molar-refractivity contribution in [2.24, 2.45) is 11.1 Å². The third kappa shape index (κ3) is 2.89. The van der Waals surface area contributed by atoms with Crippen LogP contribution in [0.5, 0.6) is 0 Å². The Bertz CT molecular complexity index is 612. The first-order valence-corrected chi connectivity index (χ1v) is 8.42. The van der Waals surface area contributed by atoms with Crippen molar-refractivity contribution in [3.63, 3.8) is 0 Å². The van der Waals surface area contributed by atoms with E-state index in [-0.39, 0.29) is 17.7 Å². The van der Waals surface area contributed by atoms with Crippen molar-refractivity contribution in [1.82, 2.24) is 0 Å². The van der Waals surface area contributed by atoms with Crippen LogP contribution in [0, 0.1) is 11.2 Å². The molecule has 3 nitrogen and oxygen atoms in total. The molecule has 3 aliphatic rings. The molecule has 3 fully saturated rings. The van der Waals surface area contributed by atoms with Gasteiger partial charge in [0.1, 0.15) is 11.4 Å². The molecule has 1 aromatic rings. The predicted octanol–water partition coefficient (Wildman–Crippen LogP) is 3.91. The summed E-state index contributed by atoms with van der Waals surface area (Å²) in [7, 11) is 0. The number of carbonyl (C=O) groups is 1. The summed E-state index contributed by atoms with van der Waals surface area (Å²) in [5, 5.41) is 0. The molecule has 4 rings (SSSR count). The van der Waals surface area contributed by atoms with Crippen LogP contribution in [0.1, 0.15) is 64.4 Å². The average molecular weight is 319 g/mol. The smallest absolute Gasteiger partial charge is 0.312 e. The third-order valence-electron chi connectivity index (χ3n) is 5.54. The molecule has 0 aromatic heterocycles. The Balaban J connectivity index is 1.92. The Morgan fingerprint density at radius 3 is 2.39 bits per heavy atom. The van der Waals surface area contributed by atoms with Gasteiger partial charge >= 0.3 is 5.97 Å². The number of hydrogen-bond donors (Lipinski definition) is 1. The van der Waals surface area contributed by atoms with Gasteiger partial charge in [0.25, 0.3) is 0 Å². The minimum atomic E-state index is -0.513. The summed E-state index contributed by atoms with van der Waals surface area (Å²) in [6.07, 6.45) is 3.54. The minimum Gasteiger partial charge on any atom is -0.460 e. The number of fused-ring (bicyclic) bond motifs is 3. The molecule has 0 heterocycles. The van der Waals surface area contributed by atoms with Gasteiger partial charge < -0.3 is 10.5 Å². The Morgan fingerprint density at radius 2 is 1.83 bits per heavy atom. The number of hydrogen-bond acceptors (Lipinski definition) is 3. The second kappa shape index (κ2) is 5.30. The summed E-state index contributed by atoms with van der Waals surface area (Å²) in [6.45, 7) is 5.65. The molecule has 2 bridgehead atoms. The van der Waals surface area contributed by atoms with E-state index in [0.717, 1.165) is 25.7 Å². The lowest BCUT2D eigenvalue weighted by Gasteiger charge is -2.55. The fourth-order valence-electron chi connectivity index (χ4n) is 4.19. The van der Waals surface area contributed by atoms with Gasteiger partial charge in [-0.3, -0.25) is 4.79 Å². The first-order valence-electron chi connectivity index (χ1n) is 8.42. The van der Waals surface area contributed by atoms with E-state index in [1.165, 1.54) is 6.07 Å².